The van der Waals surface area contributed by atoms with E-state index < -0.39 is 0 Å². The maximum absolute atomic E-state index is 2.46. The van der Waals surface area contributed by atoms with Crippen molar-refractivity contribution in [1.29, 1.82) is 0 Å². The van der Waals surface area contributed by atoms with Crippen LogP contribution < -0.4 is 4.90 Å². The molecule has 0 bridgehead atoms. The predicted molar refractivity (Wildman–Crippen MR) is 237 cm³/mol. The van der Waals surface area contributed by atoms with Crippen LogP contribution in [0.5, 0.6) is 0 Å². The van der Waals surface area contributed by atoms with E-state index in [4.69, 9.17) is 0 Å². The van der Waals surface area contributed by atoms with E-state index in [9.17, 15) is 0 Å². The van der Waals surface area contributed by atoms with E-state index in [0.29, 0.717) is 0 Å². The quantitative estimate of drug-likeness (QED) is 0.171. The monoisotopic (exact) mass is 719 g/mol. The highest BCUT2D eigenvalue weighted by Gasteiger charge is 2.36. The predicted octanol–water partition coefficient (Wildman–Crippen LogP) is 15.5. The highest BCUT2D eigenvalue weighted by molar-refractivity contribution is 7.25. The average molecular weight is 720 g/mol. The van der Waals surface area contributed by atoms with Crippen LogP contribution >= 0.6 is 11.3 Å². The molecule has 1 aliphatic rings. The van der Waals surface area contributed by atoms with Crippen molar-refractivity contribution in [3.8, 4) is 33.4 Å². The molecule has 0 radical (unpaired) electrons. The van der Waals surface area contributed by atoms with Gasteiger partial charge in [-0.1, -0.05) is 153 Å². The van der Waals surface area contributed by atoms with Crippen molar-refractivity contribution in [2.75, 3.05) is 4.90 Å². The third-order valence-electron chi connectivity index (χ3n) is 11.9. The Morgan fingerprint density at radius 1 is 0.382 bits per heavy atom. The Balaban J connectivity index is 1.09. The van der Waals surface area contributed by atoms with E-state index in [1.807, 2.05) is 11.3 Å². The molecule has 10 aromatic rings. The van der Waals surface area contributed by atoms with E-state index in [1.165, 1.54) is 86.2 Å². The molecule has 0 fully saturated rings. The van der Waals surface area contributed by atoms with Crippen molar-refractivity contribution >= 4 is 70.1 Å². The van der Waals surface area contributed by atoms with Gasteiger partial charge in [0.05, 0.1) is 5.69 Å². The fourth-order valence-corrected chi connectivity index (χ4v) is 10.3. The molecule has 1 aromatic heterocycles. The second-order valence-corrected chi connectivity index (χ2v) is 16.4. The number of para-hydroxylation sites is 1. The lowest BCUT2D eigenvalue weighted by atomic mass is 9.82. The number of rotatable bonds is 5. The molecule has 0 amide bonds. The van der Waals surface area contributed by atoms with Gasteiger partial charge in [0, 0.05) is 42.5 Å². The third kappa shape index (κ3) is 4.99. The summed E-state index contributed by atoms with van der Waals surface area (Å²) < 4.78 is 2.66. The third-order valence-corrected chi connectivity index (χ3v) is 13.0. The Morgan fingerprint density at radius 3 is 1.89 bits per heavy atom. The van der Waals surface area contributed by atoms with E-state index >= 15 is 0 Å². The molecule has 55 heavy (non-hydrogen) atoms. The van der Waals surface area contributed by atoms with Gasteiger partial charge in [-0.15, -0.1) is 11.3 Å². The lowest BCUT2D eigenvalue weighted by Crippen LogP contribution is -2.16. The van der Waals surface area contributed by atoms with Crippen LogP contribution in [0.1, 0.15) is 25.0 Å². The van der Waals surface area contributed by atoms with Gasteiger partial charge in [0.15, 0.2) is 0 Å². The van der Waals surface area contributed by atoms with E-state index in [0.717, 1.165) is 17.1 Å². The second-order valence-electron chi connectivity index (χ2n) is 15.3. The molecule has 0 saturated carbocycles. The Labute approximate surface area is 325 Å². The first-order valence-corrected chi connectivity index (χ1v) is 19.9. The van der Waals surface area contributed by atoms with Gasteiger partial charge in [-0.25, -0.2) is 0 Å². The molecule has 0 aliphatic heterocycles. The molecule has 1 nitrogen and oxygen atoms in total. The second kappa shape index (κ2) is 12.3. The maximum Gasteiger partial charge on any atom is 0.0540 e. The summed E-state index contributed by atoms with van der Waals surface area (Å²) in [6.07, 6.45) is 0. The number of thiophene rings is 1. The van der Waals surface area contributed by atoms with E-state index in [1.54, 1.807) is 0 Å². The molecule has 0 N–H and O–H groups in total. The summed E-state index contributed by atoms with van der Waals surface area (Å²) in [5.41, 5.74) is 13.6. The first-order valence-electron chi connectivity index (χ1n) is 19.1. The van der Waals surface area contributed by atoms with Gasteiger partial charge in [-0.3, -0.25) is 0 Å². The lowest BCUT2D eigenvalue weighted by molar-refractivity contribution is 0.660. The summed E-state index contributed by atoms with van der Waals surface area (Å²) in [7, 11) is 0. The van der Waals surface area contributed by atoms with Crippen LogP contribution in [-0.2, 0) is 5.41 Å². The fraction of sp³-hybridized carbons (Fsp3) is 0.0566. The molecule has 9 aromatic carbocycles. The molecular formula is C53H37NS. The highest BCUT2D eigenvalue weighted by Crippen LogP contribution is 2.51. The number of benzene rings is 9. The van der Waals surface area contributed by atoms with Crippen LogP contribution in [0.4, 0.5) is 17.1 Å². The highest BCUT2D eigenvalue weighted by atomic mass is 32.1. The van der Waals surface area contributed by atoms with Gasteiger partial charge in [-0.05, 0) is 109 Å². The molecule has 2 heteroatoms. The molecule has 11 rings (SSSR count). The molecule has 0 atom stereocenters. The van der Waals surface area contributed by atoms with Crippen molar-refractivity contribution in [1.82, 2.24) is 0 Å². The number of anilines is 3. The topological polar surface area (TPSA) is 3.24 Å². The normalized spacial score (nSPS) is 13.1. The van der Waals surface area contributed by atoms with Gasteiger partial charge < -0.3 is 4.90 Å². The van der Waals surface area contributed by atoms with Crippen molar-refractivity contribution in [2.45, 2.75) is 19.3 Å². The van der Waals surface area contributed by atoms with Crippen molar-refractivity contribution < 1.29 is 0 Å². The summed E-state index contributed by atoms with van der Waals surface area (Å²) in [4.78, 5) is 2.46. The Morgan fingerprint density at radius 2 is 1.02 bits per heavy atom. The SMILES string of the molecule is CC1(C)c2ccccc2-c2ccc(N(c3ccc(-c4cccc5cc6c(cc45)sc4ccccc46)cc3)c3ccccc3-c3cccc4ccccc34)cc21. The first-order chi connectivity index (χ1) is 27.0. The van der Waals surface area contributed by atoms with Gasteiger partial charge in [-0.2, -0.15) is 0 Å². The van der Waals surface area contributed by atoms with Crippen molar-refractivity contribution in [3.05, 3.63) is 199 Å². The van der Waals surface area contributed by atoms with E-state index in [2.05, 4.69) is 207 Å². The summed E-state index contributed by atoms with van der Waals surface area (Å²) in [5.74, 6) is 0. The summed E-state index contributed by atoms with van der Waals surface area (Å²) in [6, 6.07) is 69.7. The van der Waals surface area contributed by atoms with Gasteiger partial charge in [0.1, 0.15) is 0 Å². The first kappa shape index (κ1) is 32.0. The van der Waals surface area contributed by atoms with Crippen molar-refractivity contribution in [2.24, 2.45) is 0 Å². The van der Waals surface area contributed by atoms with Crippen LogP contribution in [0.3, 0.4) is 0 Å². The minimum absolute atomic E-state index is 0.110. The fourth-order valence-electron chi connectivity index (χ4n) is 9.15. The van der Waals surface area contributed by atoms with Crippen molar-refractivity contribution in [3.63, 3.8) is 0 Å². The molecule has 0 spiro atoms. The van der Waals surface area contributed by atoms with Crippen LogP contribution in [0.2, 0.25) is 0 Å². The Hall–Kier alpha value is -6.48. The number of hydrogen-bond donors (Lipinski definition) is 0. The average Bonchev–Trinajstić information content (AvgIpc) is 3.71. The minimum atomic E-state index is -0.110. The van der Waals surface area contributed by atoms with Gasteiger partial charge in [0.25, 0.3) is 0 Å². The summed E-state index contributed by atoms with van der Waals surface area (Å²) in [5, 5.41) is 7.72. The van der Waals surface area contributed by atoms with Crippen LogP contribution in [-0.4, -0.2) is 0 Å². The largest absolute Gasteiger partial charge is 0.310 e. The Kier molecular flexibility index (Phi) is 7.14. The molecular weight excluding hydrogens is 683 g/mol. The molecule has 0 saturated heterocycles. The van der Waals surface area contributed by atoms with E-state index in [-0.39, 0.29) is 5.41 Å². The Bertz CT molecular complexity index is 3120. The molecule has 260 valence electrons. The molecule has 0 unspecified atom stereocenters. The minimum Gasteiger partial charge on any atom is -0.310 e. The number of nitrogens with zero attached hydrogens (tertiary/aromatic N) is 1. The molecule has 1 aliphatic carbocycles. The van der Waals surface area contributed by atoms with Gasteiger partial charge in [0.2, 0.25) is 0 Å². The summed E-state index contributed by atoms with van der Waals surface area (Å²) >= 11 is 1.88. The zero-order valence-corrected chi connectivity index (χ0v) is 31.6. The summed E-state index contributed by atoms with van der Waals surface area (Å²) in [6.45, 7) is 4.72. The molecule has 1 heterocycles. The lowest BCUT2D eigenvalue weighted by Gasteiger charge is -2.30. The van der Waals surface area contributed by atoms with Crippen LogP contribution in [0.15, 0.2) is 188 Å². The zero-order chi connectivity index (χ0) is 36.7. The zero-order valence-electron chi connectivity index (χ0n) is 30.8. The maximum atomic E-state index is 2.46. The number of hydrogen-bond acceptors (Lipinski definition) is 2. The standard InChI is InChI=1S/C53H37NS/c1-53(2)48-22-8-5-17-42(48)43-30-29-38(32-49(43)53)54(50-23-9-6-18-44(50)41-21-11-14-34-13-3-4-16-39(34)41)37-27-25-35(26-28-37)40-20-12-15-36-31-47-45-19-7-10-24-51(45)55-52(47)33-46(36)40/h3-33H,1-2H3. The van der Waals surface area contributed by atoms with Gasteiger partial charge >= 0.3 is 0 Å². The number of fused-ring (bicyclic) bond motifs is 8. The van der Waals surface area contributed by atoms with Crippen LogP contribution in [0, 0.1) is 0 Å². The smallest absolute Gasteiger partial charge is 0.0540 e. The van der Waals surface area contributed by atoms with Crippen LogP contribution in [0.25, 0.3) is 75.1 Å².